The number of aliphatic hydroxyl groups is 1. The molecule has 4 rings (SSSR count). The van der Waals surface area contributed by atoms with Gasteiger partial charge in [0.2, 0.25) is 0 Å². The normalized spacial score (nSPS) is 28.4. The lowest BCUT2D eigenvalue weighted by Gasteiger charge is -2.43. The number of ether oxygens (including phenoxy) is 1. The first-order valence-electron chi connectivity index (χ1n) is 9.77. The minimum atomic E-state index is -0.807. The molecule has 2 saturated heterocycles. The predicted molar refractivity (Wildman–Crippen MR) is 101 cm³/mol. The van der Waals surface area contributed by atoms with Crippen LogP contribution >= 0.6 is 0 Å². The Kier molecular flexibility index (Phi) is 4.76. The third kappa shape index (κ3) is 3.14. The molecule has 1 aromatic heterocycles. The lowest BCUT2D eigenvalue weighted by atomic mass is 9.85. The van der Waals surface area contributed by atoms with Crippen LogP contribution in [0.15, 0.2) is 36.7 Å². The number of hydrogen-bond acceptors (Lipinski definition) is 4. The zero-order valence-corrected chi connectivity index (χ0v) is 15.8. The number of aromatic nitrogens is 2. The Hall–Kier alpha value is -1.85. The highest BCUT2D eigenvalue weighted by molar-refractivity contribution is 5.33. The number of fused-ring (bicyclic) bond motifs is 2. The summed E-state index contributed by atoms with van der Waals surface area (Å²) in [5.74, 6) is 1.81. The van der Waals surface area contributed by atoms with Crippen LogP contribution < -0.4 is 4.74 Å². The van der Waals surface area contributed by atoms with Crippen molar-refractivity contribution in [1.82, 2.24) is 14.5 Å². The number of rotatable bonds is 6. The van der Waals surface area contributed by atoms with Crippen molar-refractivity contribution in [1.29, 1.82) is 0 Å². The first kappa shape index (κ1) is 17.6. The second-order valence-electron chi connectivity index (χ2n) is 7.82. The van der Waals surface area contributed by atoms with Crippen molar-refractivity contribution < 1.29 is 9.84 Å². The van der Waals surface area contributed by atoms with Crippen molar-refractivity contribution >= 4 is 0 Å². The number of piperidine rings is 1. The minimum absolute atomic E-state index is 0.398. The van der Waals surface area contributed by atoms with Crippen molar-refractivity contribution in [2.45, 2.75) is 63.3 Å². The summed E-state index contributed by atoms with van der Waals surface area (Å²) in [5.41, 5.74) is 0.444. The van der Waals surface area contributed by atoms with Gasteiger partial charge < -0.3 is 14.4 Å². The molecule has 0 radical (unpaired) electrons. The smallest absolute Gasteiger partial charge is 0.140 e. The van der Waals surface area contributed by atoms with E-state index in [1.54, 1.807) is 6.20 Å². The predicted octanol–water partition coefficient (Wildman–Crippen LogP) is 3.22. The Morgan fingerprint density at radius 1 is 1.23 bits per heavy atom. The largest absolute Gasteiger partial charge is 0.493 e. The molecule has 5 nitrogen and oxygen atoms in total. The fourth-order valence-corrected chi connectivity index (χ4v) is 4.75. The average molecular weight is 355 g/mol. The number of imidazole rings is 1. The maximum atomic E-state index is 11.3. The molecule has 2 atom stereocenters. The van der Waals surface area contributed by atoms with Crippen LogP contribution in [0.25, 0.3) is 0 Å². The van der Waals surface area contributed by atoms with Gasteiger partial charge in [0, 0.05) is 43.6 Å². The van der Waals surface area contributed by atoms with Crippen molar-refractivity contribution in [3.8, 4) is 5.75 Å². The Balaban J connectivity index is 1.52. The third-order valence-corrected chi connectivity index (χ3v) is 5.94. The summed E-state index contributed by atoms with van der Waals surface area (Å²) in [4.78, 5) is 7.01. The molecule has 0 unspecified atom stereocenters. The highest BCUT2D eigenvalue weighted by Crippen LogP contribution is 2.46. The molecule has 1 aromatic carbocycles. The molecule has 5 heteroatoms. The molecular formula is C21H29N3O2. The summed E-state index contributed by atoms with van der Waals surface area (Å²) >= 11 is 0. The molecule has 2 fully saturated rings. The average Bonchev–Trinajstić information content (AvgIpc) is 3.17. The van der Waals surface area contributed by atoms with Crippen molar-refractivity contribution in [2.75, 3.05) is 6.61 Å². The van der Waals surface area contributed by atoms with Crippen LogP contribution in [0.1, 0.15) is 50.4 Å². The monoisotopic (exact) mass is 355 g/mol. The number of aryl methyl sites for hydroxylation is 1. The van der Waals surface area contributed by atoms with Crippen LogP contribution in [0, 0.1) is 0 Å². The van der Waals surface area contributed by atoms with E-state index in [-0.39, 0.29) is 0 Å². The second-order valence-corrected chi connectivity index (χ2v) is 7.82. The zero-order valence-electron chi connectivity index (χ0n) is 15.8. The van der Waals surface area contributed by atoms with E-state index in [4.69, 9.17) is 4.74 Å². The number of hydrogen-bond donors (Lipinski definition) is 1. The van der Waals surface area contributed by atoms with E-state index >= 15 is 0 Å². The van der Waals surface area contributed by atoms with Crippen molar-refractivity contribution in [3.05, 3.63) is 48.0 Å². The fraction of sp³-hybridized carbons (Fsp3) is 0.571. The van der Waals surface area contributed by atoms with Crippen molar-refractivity contribution in [3.63, 3.8) is 0 Å². The molecule has 26 heavy (non-hydrogen) atoms. The highest BCUT2D eigenvalue weighted by atomic mass is 16.5. The SMILES string of the molecule is CCCOc1ccccc1CN1[C@@H]2CC[C@@H]1CC(O)(c1nccn1C)C2. The fourth-order valence-electron chi connectivity index (χ4n) is 4.75. The third-order valence-electron chi connectivity index (χ3n) is 5.94. The summed E-state index contributed by atoms with van der Waals surface area (Å²) in [6.45, 7) is 3.78. The highest BCUT2D eigenvalue weighted by Gasteiger charge is 2.49. The molecule has 2 aliphatic heterocycles. The molecule has 0 amide bonds. The van der Waals surface area contributed by atoms with E-state index in [0.29, 0.717) is 12.1 Å². The van der Waals surface area contributed by atoms with Crippen LogP contribution in [0.5, 0.6) is 5.75 Å². The molecule has 2 bridgehead atoms. The van der Waals surface area contributed by atoms with E-state index < -0.39 is 5.60 Å². The Labute approximate surface area is 155 Å². The summed E-state index contributed by atoms with van der Waals surface area (Å²) < 4.78 is 7.91. The van der Waals surface area contributed by atoms with Crippen LogP contribution in [-0.2, 0) is 19.2 Å². The van der Waals surface area contributed by atoms with Gasteiger partial charge in [-0.15, -0.1) is 0 Å². The molecule has 0 saturated carbocycles. The van der Waals surface area contributed by atoms with Gasteiger partial charge >= 0.3 is 0 Å². The first-order chi connectivity index (χ1) is 12.6. The molecule has 0 aliphatic carbocycles. The maximum absolute atomic E-state index is 11.3. The van der Waals surface area contributed by atoms with E-state index in [1.807, 2.05) is 23.9 Å². The van der Waals surface area contributed by atoms with Gasteiger partial charge in [-0.2, -0.15) is 0 Å². The zero-order chi connectivity index (χ0) is 18.1. The van der Waals surface area contributed by atoms with Gasteiger partial charge in [-0.3, -0.25) is 4.90 Å². The summed E-state index contributed by atoms with van der Waals surface area (Å²) in [6.07, 6.45) is 8.52. The van der Waals surface area contributed by atoms with Crippen LogP contribution in [0.2, 0.25) is 0 Å². The molecule has 3 heterocycles. The molecule has 140 valence electrons. The van der Waals surface area contributed by atoms with E-state index in [9.17, 15) is 5.11 Å². The summed E-state index contributed by atoms with van der Waals surface area (Å²) in [5, 5.41) is 11.3. The maximum Gasteiger partial charge on any atom is 0.140 e. The first-order valence-corrected chi connectivity index (χ1v) is 9.77. The van der Waals surface area contributed by atoms with Gasteiger partial charge in [0.25, 0.3) is 0 Å². The topological polar surface area (TPSA) is 50.5 Å². The molecule has 2 aliphatic rings. The Morgan fingerprint density at radius 3 is 2.62 bits per heavy atom. The minimum Gasteiger partial charge on any atom is -0.493 e. The molecular weight excluding hydrogens is 326 g/mol. The van der Waals surface area contributed by atoms with Gasteiger partial charge in [0.1, 0.15) is 17.2 Å². The van der Waals surface area contributed by atoms with Gasteiger partial charge in [0.15, 0.2) is 0 Å². The second kappa shape index (κ2) is 7.05. The Bertz CT molecular complexity index is 743. The van der Waals surface area contributed by atoms with Gasteiger partial charge in [-0.25, -0.2) is 4.98 Å². The van der Waals surface area contributed by atoms with Crippen LogP contribution in [0.4, 0.5) is 0 Å². The lowest BCUT2D eigenvalue weighted by molar-refractivity contribution is -0.0670. The summed E-state index contributed by atoms with van der Waals surface area (Å²) in [6, 6.07) is 9.17. The quantitative estimate of drug-likeness (QED) is 0.864. The molecule has 2 aromatic rings. The molecule has 1 N–H and O–H groups in total. The van der Waals surface area contributed by atoms with Crippen LogP contribution in [0.3, 0.4) is 0 Å². The lowest BCUT2D eigenvalue weighted by Crippen LogP contribution is -2.50. The van der Waals surface area contributed by atoms with E-state index in [1.165, 1.54) is 5.56 Å². The number of para-hydroxylation sites is 1. The van der Waals surface area contributed by atoms with Gasteiger partial charge in [0.05, 0.1) is 6.61 Å². The van der Waals surface area contributed by atoms with Gasteiger partial charge in [-0.05, 0) is 38.2 Å². The van der Waals surface area contributed by atoms with Crippen molar-refractivity contribution in [2.24, 2.45) is 7.05 Å². The molecule has 0 spiro atoms. The standard InChI is InChI=1S/C21H29N3O2/c1-3-12-26-19-7-5-4-6-16(19)15-24-17-8-9-18(24)14-21(25,13-17)20-22-10-11-23(20)2/h4-7,10-11,17-18,25H,3,8-9,12-15H2,1-2H3/t17-,18-/m1/s1. The number of nitrogens with zero attached hydrogens (tertiary/aromatic N) is 3. The number of benzene rings is 1. The van der Waals surface area contributed by atoms with E-state index in [2.05, 4.69) is 35.0 Å². The van der Waals surface area contributed by atoms with Gasteiger partial charge in [-0.1, -0.05) is 25.1 Å². The Morgan fingerprint density at radius 2 is 1.96 bits per heavy atom. The van der Waals surface area contributed by atoms with E-state index in [0.717, 1.165) is 56.8 Å². The summed E-state index contributed by atoms with van der Waals surface area (Å²) in [7, 11) is 1.97. The van der Waals surface area contributed by atoms with Crippen LogP contribution in [-0.4, -0.2) is 38.2 Å².